The standard InChI is InChI=1S/C22H16ClNO3/c23-15-11-9-14(10-12-15)20(13-24(26)27)21-16-5-1-3-7-18(16)22(25)19-8-4-2-6-17(19)21/h1-12,20-21H,13H2. The van der Waals surface area contributed by atoms with E-state index in [1.54, 1.807) is 24.3 Å². The molecule has 0 fully saturated rings. The molecule has 27 heavy (non-hydrogen) atoms. The molecule has 0 radical (unpaired) electrons. The molecule has 1 atom stereocenters. The van der Waals surface area contributed by atoms with Crippen LogP contribution in [-0.2, 0) is 0 Å². The number of benzene rings is 3. The lowest BCUT2D eigenvalue weighted by molar-refractivity contribution is -0.483. The highest BCUT2D eigenvalue weighted by atomic mass is 35.5. The molecule has 4 rings (SSSR count). The van der Waals surface area contributed by atoms with Gasteiger partial charge in [-0.05, 0) is 28.8 Å². The Labute approximate surface area is 161 Å². The van der Waals surface area contributed by atoms with Crippen LogP contribution >= 0.6 is 11.6 Å². The minimum Gasteiger partial charge on any atom is -0.289 e. The third-order valence-electron chi connectivity index (χ3n) is 5.13. The topological polar surface area (TPSA) is 60.2 Å². The van der Waals surface area contributed by atoms with Gasteiger partial charge in [0.1, 0.15) is 0 Å². The largest absolute Gasteiger partial charge is 0.289 e. The molecule has 0 heterocycles. The molecule has 0 saturated heterocycles. The van der Waals surface area contributed by atoms with Crippen LogP contribution in [0.1, 0.15) is 44.4 Å². The summed E-state index contributed by atoms with van der Waals surface area (Å²) in [6, 6.07) is 21.9. The second-order valence-electron chi connectivity index (χ2n) is 6.65. The maximum absolute atomic E-state index is 12.9. The first kappa shape index (κ1) is 17.4. The normalized spacial score (nSPS) is 14.3. The molecule has 134 valence electrons. The fourth-order valence-electron chi connectivity index (χ4n) is 3.97. The fraction of sp³-hybridized carbons (Fsp3) is 0.136. The molecule has 0 aromatic heterocycles. The molecule has 4 nitrogen and oxygen atoms in total. The third kappa shape index (κ3) is 3.13. The first-order valence-electron chi connectivity index (χ1n) is 8.66. The number of fused-ring (bicyclic) bond motifs is 2. The monoisotopic (exact) mass is 377 g/mol. The number of ketones is 1. The van der Waals surface area contributed by atoms with Crippen molar-refractivity contribution in [3.05, 3.63) is 116 Å². The molecule has 1 aliphatic carbocycles. The predicted molar refractivity (Wildman–Crippen MR) is 104 cm³/mol. The van der Waals surface area contributed by atoms with Crippen molar-refractivity contribution >= 4 is 17.4 Å². The molecule has 0 amide bonds. The van der Waals surface area contributed by atoms with Gasteiger partial charge in [-0.2, -0.15) is 0 Å². The summed E-state index contributed by atoms with van der Waals surface area (Å²) in [6.07, 6.45) is 0. The Hall–Kier alpha value is -2.98. The quantitative estimate of drug-likeness (QED) is 0.470. The number of halogens is 1. The highest BCUT2D eigenvalue weighted by Gasteiger charge is 2.38. The lowest BCUT2D eigenvalue weighted by atomic mass is 9.70. The molecule has 3 aromatic rings. The summed E-state index contributed by atoms with van der Waals surface area (Å²) in [5, 5.41) is 12.1. The number of carbonyl (C=O) groups is 1. The molecular formula is C22H16ClNO3. The molecule has 1 aliphatic rings. The average molecular weight is 378 g/mol. The summed E-state index contributed by atoms with van der Waals surface area (Å²) in [7, 11) is 0. The zero-order chi connectivity index (χ0) is 19.0. The molecular weight excluding hydrogens is 362 g/mol. The summed E-state index contributed by atoms with van der Waals surface area (Å²) in [5.41, 5.74) is 3.73. The van der Waals surface area contributed by atoms with Crippen LogP contribution in [-0.4, -0.2) is 17.3 Å². The zero-order valence-corrected chi connectivity index (χ0v) is 15.1. The molecule has 0 aliphatic heterocycles. The lowest BCUT2D eigenvalue weighted by Gasteiger charge is -2.32. The number of hydrogen-bond donors (Lipinski definition) is 0. The zero-order valence-electron chi connectivity index (χ0n) is 14.3. The van der Waals surface area contributed by atoms with E-state index in [4.69, 9.17) is 11.6 Å². The van der Waals surface area contributed by atoms with E-state index in [-0.39, 0.29) is 23.2 Å². The van der Waals surface area contributed by atoms with Crippen molar-refractivity contribution in [2.75, 3.05) is 6.54 Å². The van der Waals surface area contributed by atoms with Crippen LogP contribution in [0.15, 0.2) is 72.8 Å². The fourth-order valence-corrected chi connectivity index (χ4v) is 4.10. The van der Waals surface area contributed by atoms with Gasteiger partial charge in [0.05, 0.1) is 5.92 Å². The van der Waals surface area contributed by atoms with E-state index in [1.807, 2.05) is 48.5 Å². The molecule has 0 saturated carbocycles. The minimum atomic E-state index is -0.410. The van der Waals surface area contributed by atoms with E-state index in [1.165, 1.54) is 0 Å². The predicted octanol–water partition coefficient (Wildman–Crippen LogP) is 5.08. The van der Waals surface area contributed by atoms with Gasteiger partial charge in [0.25, 0.3) is 0 Å². The second-order valence-corrected chi connectivity index (χ2v) is 7.09. The van der Waals surface area contributed by atoms with Crippen molar-refractivity contribution < 1.29 is 9.72 Å². The van der Waals surface area contributed by atoms with Crippen molar-refractivity contribution in [2.45, 2.75) is 11.8 Å². The van der Waals surface area contributed by atoms with Crippen molar-refractivity contribution in [3.63, 3.8) is 0 Å². The number of nitrogens with zero attached hydrogens (tertiary/aromatic N) is 1. The van der Waals surface area contributed by atoms with Crippen LogP contribution in [0.2, 0.25) is 5.02 Å². The first-order valence-corrected chi connectivity index (χ1v) is 9.04. The maximum Gasteiger partial charge on any atom is 0.211 e. The van der Waals surface area contributed by atoms with Crippen molar-refractivity contribution in [1.82, 2.24) is 0 Å². The smallest absolute Gasteiger partial charge is 0.211 e. The van der Waals surface area contributed by atoms with E-state index < -0.39 is 5.92 Å². The van der Waals surface area contributed by atoms with Crippen molar-refractivity contribution in [2.24, 2.45) is 0 Å². The van der Waals surface area contributed by atoms with Gasteiger partial charge < -0.3 is 0 Å². The molecule has 0 spiro atoms. The summed E-state index contributed by atoms with van der Waals surface area (Å²) in [6.45, 7) is -0.233. The SMILES string of the molecule is O=C1c2ccccc2C(C(C[N+](=O)[O-])c2ccc(Cl)cc2)c2ccccc21. The van der Waals surface area contributed by atoms with Gasteiger partial charge in [-0.1, -0.05) is 72.3 Å². The van der Waals surface area contributed by atoms with E-state index in [2.05, 4.69) is 0 Å². The van der Waals surface area contributed by atoms with Crippen molar-refractivity contribution in [3.8, 4) is 0 Å². The van der Waals surface area contributed by atoms with Crippen LogP contribution < -0.4 is 0 Å². The molecule has 0 bridgehead atoms. The van der Waals surface area contributed by atoms with Crippen LogP contribution in [0.4, 0.5) is 0 Å². The van der Waals surface area contributed by atoms with Gasteiger partial charge in [-0.3, -0.25) is 14.9 Å². The van der Waals surface area contributed by atoms with E-state index in [0.29, 0.717) is 16.1 Å². The van der Waals surface area contributed by atoms with E-state index in [9.17, 15) is 14.9 Å². The summed E-state index contributed by atoms with van der Waals surface area (Å²) in [4.78, 5) is 24.1. The average Bonchev–Trinajstić information content (AvgIpc) is 2.68. The van der Waals surface area contributed by atoms with Crippen LogP contribution in [0, 0.1) is 10.1 Å². The summed E-state index contributed by atoms with van der Waals surface area (Å²) < 4.78 is 0. The Morgan fingerprint density at radius 2 is 1.41 bits per heavy atom. The molecule has 0 N–H and O–H groups in total. The van der Waals surface area contributed by atoms with Crippen molar-refractivity contribution in [1.29, 1.82) is 0 Å². The highest BCUT2D eigenvalue weighted by molar-refractivity contribution is 6.30. The highest BCUT2D eigenvalue weighted by Crippen LogP contribution is 2.45. The number of rotatable bonds is 4. The van der Waals surface area contributed by atoms with Gasteiger partial charge in [0, 0.05) is 27.0 Å². The van der Waals surface area contributed by atoms with E-state index in [0.717, 1.165) is 16.7 Å². The van der Waals surface area contributed by atoms with Gasteiger partial charge >= 0.3 is 0 Å². The van der Waals surface area contributed by atoms with Crippen LogP contribution in [0.3, 0.4) is 0 Å². The van der Waals surface area contributed by atoms with Gasteiger partial charge in [0.15, 0.2) is 5.78 Å². The Kier molecular flexibility index (Phi) is 4.50. The Bertz CT molecular complexity index is 980. The Morgan fingerprint density at radius 1 is 0.889 bits per heavy atom. The van der Waals surface area contributed by atoms with Gasteiger partial charge in [-0.25, -0.2) is 0 Å². The summed E-state index contributed by atoms with van der Waals surface area (Å²) in [5.74, 6) is -0.720. The number of hydrogen-bond acceptors (Lipinski definition) is 3. The third-order valence-corrected chi connectivity index (χ3v) is 5.38. The van der Waals surface area contributed by atoms with Crippen LogP contribution in [0.5, 0.6) is 0 Å². The van der Waals surface area contributed by atoms with Gasteiger partial charge in [0.2, 0.25) is 6.54 Å². The number of carbonyl (C=O) groups excluding carboxylic acids is 1. The molecule has 3 aromatic carbocycles. The lowest BCUT2D eigenvalue weighted by Crippen LogP contribution is -2.27. The van der Waals surface area contributed by atoms with Gasteiger partial charge in [-0.15, -0.1) is 0 Å². The Balaban J connectivity index is 1.94. The maximum atomic E-state index is 12.9. The first-order chi connectivity index (χ1) is 13.1. The Morgan fingerprint density at radius 3 is 1.93 bits per heavy atom. The van der Waals surface area contributed by atoms with Crippen LogP contribution in [0.25, 0.3) is 0 Å². The summed E-state index contributed by atoms with van der Waals surface area (Å²) >= 11 is 6.01. The van der Waals surface area contributed by atoms with E-state index >= 15 is 0 Å². The number of nitro groups is 1. The second kappa shape index (κ2) is 6.97. The molecule has 5 heteroatoms. The molecule has 1 unspecified atom stereocenters. The minimum absolute atomic E-state index is 0.0339.